The third kappa shape index (κ3) is 3.25. The molecule has 0 atom stereocenters. The number of benzene rings is 1. The van der Waals surface area contributed by atoms with Gasteiger partial charge in [0.05, 0.1) is 6.20 Å². The highest BCUT2D eigenvalue weighted by Gasteiger charge is 2.16. The zero-order valence-electron chi connectivity index (χ0n) is 14.8. The molecule has 0 amide bonds. The number of aryl methyl sites for hydroxylation is 3. The van der Waals surface area contributed by atoms with Gasteiger partial charge in [-0.05, 0) is 36.5 Å². The highest BCUT2D eigenvalue weighted by Crippen LogP contribution is 2.23. The van der Waals surface area contributed by atoms with Crippen LogP contribution in [0.25, 0.3) is 11.0 Å². The predicted molar refractivity (Wildman–Crippen MR) is 96.5 cm³/mol. The molecule has 0 aliphatic heterocycles. The van der Waals surface area contributed by atoms with Gasteiger partial charge in [-0.1, -0.05) is 12.1 Å². The average molecular weight is 366 g/mol. The summed E-state index contributed by atoms with van der Waals surface area (Å²) in [6.45, 7) is -0.664. The van der Waals surface area contributed by atoms with Crippen molar-refractivity contribution in [3.8, 4) is 0 Å². The summed E-state index contributed by atoms with van der Waals surface area (Å²) >= 11 is 0. The van der Waals surface area contributed by atoms with E-state index in [1.165, 1.54) is 28.3 Å². The van der Waals surface area contributed by atoms with Crippen LogP contribution in [0.2, 0.25) is 0 Å². The van der Waals surface area contributed by atoms with Crippen molar-refractivity contribution in [2.45, 2.75) is 25.8 Å². The van der Waals surface area contributed by atoms with E-state index in [0.29, 0.717) is 16.6 Å². The Hall–Kier alpha value is -3.29. The highest BCUT2D eigenvalue weighted by atomic mass is 16.5. The summed E-state index contributed by atoms with van der Waals surface area (Å²) in [5.74, 6) is -0.928. The smallest absolute Gasteiger partial charge is 0.326 e. The zero-order chi connectivity index (χ0) is 19.0. The Balaban J connectivity index is 1.40. The van der Waals surface area contributed by atoms with E-state index in [-0.39, 0.29) is 24.5 Å². The Kier molecular flexibility index (Phi) is 4.31. The topological polar surface area (TPSA) is 96.1 Å². The first-order valence-corrected chi connectivity index (χ1v) is 8.70. The van der Waals surface area contributed by atoms with Crippen molar-refractivity contribution >= 4 is 22.8 Å². The van der Waals surface area contributed by atoms with Gasteiger partial charge in [-0.15, -0.1) is 0 Å². The number of hydrogen-bond donors (Lipinski definition) is 0. The highest BCUT2D eigenvalue weighted by molar-refractivity contribution is 5.98. The summed E-state index contributed by atoms with van der Waals surface area (Å²) in [6.07, 6.45) is 5.80. The van der Waals surface area contributed by atoms with E-state index in [1.54, 1.807) is 13.1 Å². The molecular formula is C19H18N4O4. The minimum absolute atomic E-state index is 0.258. The number of rotatable bonds is 5. The van der Waals surface area contributed by atoms with Crippen LogP contribution in [-0.4, -0.2) is 37.7 Å². The van der Waals surface area contributed by atoms with Gasteiger partial charge in [0.1, 0.15) is 18.3 Å². The second-order valence-electron chi connectivity index (χ2n) is 6.60. The maximum Gasteiger partial charge on any atom is 0.326 e. The van der Waals surface area contributed by atoms with Crippen LogP contribution >= 0.6 is 0 Å². The molecule has 8 heteroatoms. The zero-order valence-corrected chi connectivity index (χ0v) is 14.8. The van der Waals surface area contributed by atoms with Crippen molar-refractivity contribution in [3.63, 3.8) is 0 Å². The van der Waals surface area contributed by atoms with Crippen LogP contribution < -0.4 is 5.56 Å². The first-order valence-electron chi connectivity index (χ1n) is 8.70. The van der Waals surface area contributed by atoms with Crippen molar-refractivity contribution in [2.75, 3.05) is 6.61 Å². The Morgan fingerprint density at radius 1 is 1.22 bits per heavy atom. The number of Topliss-reactive ketones (excluding diaryl/α,β-unsaturated/α-hetero) is 1. The molecule has 2 heterocycles. The molecule has 0 fully saturated rings. The van der Waals surface area contributed by atoms with Gasteiger partial charge in [0, 0.05) is 12.6 Å². The molecule has 0 bridgehead atoms. The van der Waals surface area contributed by atoms with Crippen LogP contribution in [0.1, 0.15) is 27.9 Å². The second-order valence-corrected chi connectivity index (χ2v) is 6.60. The SMILES string of the molecule is Cn1ncc2c(=O)n(CC(=O)OCC(=O)c3ccc4c(c3)CCC4)cnc21. The first-order chi connectivity index (χ1) is 13.0. The lowest BCUT2D eigenvalue weighted by Crippen LogP contribution is -2.26. The van der Waals surface area contributed by atoms with Gasteiger partial charge in [0.2, 0.25) is 0 Å². The molecule has 0 N–H and O–H groups in total. The normalized spacial score (nSPS) is 12.9. The molecule has 2 aromatic heterocycles. The van der Waals surface area contributed by atoms with Gasteiger partial charge in [0.15, 0.2) is 18.0 Å². The van der Waals surface area contributed by atoms with Crippen molar-refractivity contribution in [3.05, 3.63) is 57.8 Å². The Morgan fingerprint density at radius 3 is 2.89 bits per heavy atom. The standard InChI is InChI=1S/C19H18N4O4/c1-22-18-15(8-21-22)19(26)23(11-20-18)9-17(25)27-10-16(24)14-6-5-12-3-2-4-13(12)7-14/h5-8,11H,2-4,9-10H2,1H3. The molecule has 1 aliphatic carbocycles. The fraction of sp³-hybridized carbons (Fsp3) is 0.316. The summed E-state index contributed by atoms with van der Waals surface area (Å²) in [6, 6.07) is 5.61. The molecule has 0 spiro atoms. The molecule has 0 saturated heterocycles. The monoisotopic (exact) mass is 366 g/mol. The quantitative estimate of drug-likeness (QED) is 0.495. The fourth-order valence-corrected chi connectivity index (χ4v) is 3.34. The maximum atomic E-state index is 12.3. The number of carbonyl (C=O) groups excluding carboxylic acids is 2. The van der Waals surface area contributed by atoms with Gasteiger partial charge < -0.3 is 4.74 Å². The Morgan fingerprint density at radius 2 is 2.04 bits per heavy atom. The van der Waals surface area contributed by atoms with E-state index in [9.17, 15) is 14.4 Å². The van der Waals surface area contributed by atoms with Crippen LogP contribution in [-0.2, 0) is 36.0 Å². The lowest BCUT2D eigenvalue weighted by atomic mass is 10.0. The summed E-state index contributed by atoms with van der Waals surface area (Å²) in [5, 5.41) is 4.30. The molecule has 3 aromatic rings. The molecular weight excluding hydrogens is 348 g/mol. The number of hydrogen-bond acceptors (Lipinski definition) is 6. The number of esters is 1. The van der Waals surface area contributed by atoms with E-state index in [1.807, 2.05) is 12.1 Å². The number of aromatic nitrogens is 4. The number of nitrogens with zero attached hydrogens (tertiary/aromatic N) is 4. The van der Waals surface area contributed by atoms with Crippen LogP contribution in [0.3, 0.4) is 0 Å². The van der Waals surface area contributed by atoms with Crippen molar-refractivity contribution in [1.29, 1.82) is 0 Å². The van der Waals surface area contributed by atoms with E-state index < -0.39 is 5.97 Å². The largest absolute Gasteiger partial charge is 0.456 e. The maximum absolute atomic E-state index is 12.3. The molecule has 0 saturated carbocycles. The minimum atomic E-state index is -0.670. The summed E-state index contributed by atoms with van der Waals surface area (Å²) in [5.41, 5.74) is 3.07. The second kappa shape index (κ2) is 6.79. The molecule has 8 nitrogen and oxygen atoms in total. The van der Waals surface area contributed by atoms with Crippen LogP contribution in [0.15, 0.2) is 35.5 Å². The molecule has 138 valence electrons. The van der Waals surface area contributed by atoms with E-state index in [4.69, 9.17) is 4.74 Å². The summed E-state index contributed by atoms with van der Waals surface area (Å²) < 4.78 is 7.68. The third-order valence-corrected chi connectivity index (χ3v) is 4.80. The third-order valence-electron chi connectivity index (χ3n) is 4.80. The molecule has 0 unspecified atom stereocenters. The number of carbonyl (C=O) groups is 2. The molecule has 27 heavy (non-hydrogen) atoms. The van der Waals surface area contributed by atoms with E-state index >= 15 is 0 Å². The van der Waals surface area contributed by atoms with E-state index in [0.717, 1.165) is 23.8 Å². The van der Waals surface area contributed by atoms with Crippen LogP contribution in [0.5, 0.6) is 0 Å². The minimum Gasteiger partial charge on any atom is -0.456 e. The van der Waals surface area contributed by atoms with Crippen molar-refractivity contribution < 1.29 is 14.3 Å². The molecule has 0 radical (unpaired) electrons. The van der Waals surface area contributed by atoms with Gasteiger partial charge in [0.25, 0.3) is 5.56 Å². The number of ketones is 1. The van der Waals surface area contributed by atoms with Gasteiger partial charge in [-0.3, -0.25) is 23.6 Å². The van der Waals surface area contributed by atoms with E-state index in [2.05, 4.69) is 10.1 Å². The average Bonchev–Trinajstić information content (AvgIpc) is 3.28. The van der Waals surface area contributed by atoms with Gasteiger partial charge >= 0.3 is 5.97 Å². The molecule has 1 aromatic carbocycles. The first kappa shape index (κ1) is 17.1. The number of ether oxygens (including phenoxy) is 1. The van der Waals surface area contributed by atoms with Crippen LogP contribution in [0.4, 0.5) is 0 Å². The lowest BCUT2D eigenvalue weighted by Gasteiger charge is -2.07. The van der Waals surface area contributed by atoms with Crippen molar-refractivity contribution in [1.82, 2.24) is 19.3 Å². The predicted octanol–water partition coefficient (Wildman–Crippen LogP) is 1.04. The van der Waals surface area contributed by atoms with Crippen molar-refractivity contribution in [2.24, 2.45) is 7.05 Å². The van der Waals surface area contributed by atoms with Crippen LogP contribution in [0, 0.1) is 0 Å². The Labute approximate surface area is 154 Å². The van der Waals surface area contributed by atoms with Gasteiger partial charge in [-0.25, -0.2) is 4.98 Å². The Bertz CT molecular complexity index is 1110. The molecule has 1 aliphatic rings. The lowest BCUT2D eigenvalue weighted by molar-refractivity contribution is -0.143. The molecule has 4 rings (SSSR count). The fourth-order valence-electron chi connectivity index (χ4n) is 3.34. The summed E-state index contributed by atoms with van der Waals surface area (Å²) in [4.78, 5) is 40.8. The summed E-state index contributed by atoms with van der Waals surface area (Å²) in [7, 11) is 1.68. The van der Waals surface area contributed by atoms with Gasteiger partial charge in [-0.2, -0.15) is 5.10 Å². The number of fused-ring (bicyclic) bond motifs is 2.